The van der Waals surface area contributed by atoms with Crippen LogP contribution in [0.2, 0.25) is 0 Å². The van der Waals surface area contributed by atoms with Gasteiger partial charge in [0.15, 0.2) is 0 Å². The zero-order valence-corrected chi connectivity index (χ0v) is 11.9. The molecule has 20 heavy (non-hydrogen) atoms. The molecule has 104 valence electrons. The number of rotatable bonds is 2. The van der Waals surface area contributed by atoms with Crippen molar-refractivity contribution >= 4 is 22.3 Å². The van der Waals surface area contributed by atoms with Gasteiger partial charge in [-0.05, 0) is 43.7 Å². The number of anilines is 1. The number of nitrogens with zero attached hydrogens (tertiary/aromatic N) is 1. The van der Waals surface area contributed by atoms with Crippen LogP contribution in [-0.4, -0.2) is 18.4 Å². The van der Waals surface area contributed by atoms with Crippen molar-refractivity contribution in [2.75, 3.05) is 11.4 Å². The van der Waals surface area contributed by atoms with Gasteiger partial charge in [-0.3, -0.25) is 5.41 Å². The zero-order chi connectivity index (χ0) is 14.1. The van der Waals surface area contributed by atoms with E-state index in [-0.39, 0.29) is 5.84 Å². The standard InChI is InChI=1S/C17H21N3/c1-12-6-4-5-11-20(12)16-10-9-15(17(18)19)13-7-2-3-8-14(13)16/h2-3,7-10,12H,4-6,11H2,1H3,(H3,18,19). The molecular weight excluding hydrogens is 246 g/mol. The van der Waals surface area contributed by atoms with Crippen molar-refractivity contribution < 1.29 is 0 Å². The number of fused-ring (bicyclic) bond motifs is 1. The molecule has 0 spiro atoms. The number of benzene rings is 2. The number of hydrogen-bond acceptors (Lipinski definition) is 2. The lowest BCUT2D eigenvalue weighted by molar-refractivity contribution is 0.486. The Hall–Kier alpha value is -2.03. The highest BCUT2D eigenvalue weighted by atomic mass is 15.2. The van der Waals surface area contributed by atoms with Crippen LogP contribution in [0.15, 0.2) is 36.4 Å². The van der Waals surface area contributed by atoms with Gasteiger partial charge < -0.3 is 10.6 Å². The molecule has 3 rings (SSSR count). The summed E-state index contributed by atoms with van der Waals surface area (Å²) >= 11 is 0. The van der Waals surface area contributed by atoms with E-state index >= 15 is 0 Å². The van der Waals surface area contributed by atoms with E-state index in [9.17, 15) is 0 Å². The van der Waals surface area contributed by atoms with Crippen LogP contribution in [0.25, 0.3) is 10.8 Å². The van der Waals surface area contributed by atoms with Crippen LogP contribution in [0.4, 0.5) is 5.69 Å². The quantitative estimate of drug-likeness (QED) is 0.646. The van der Waals surface area contributed by atoms with E-state index < -0.39 is 0 Å². The third kappa shape index (κ3) is 2.13. The lowest BCUT2D eigenvalue weighted by Crippen LogP contribution is -2.37. The van der Waals surface area contributed by atoms with E-state index in [1.165, 1.54) is 30.3 Å². The van der Waals surface area contributed by atoms with E-state index in [0.717, 1.165) is 17.5 Å². The fraction of sp³-hybridized carbons (Fsp3) is 0.353. The summed E-state index contributed by atoms with van der Waals surface area (Å²) in [5.74, 6) is 0.138. The number of piperidine rings is 1. The molecule has 0 aromatic heterocycles. The largest absolute Gasteiger partial charge is 0.384 e. The molecule has 1 atom stereocenters. The highest BCUT2D eigenvalue weighted by molar-refractivity contribution is 6.10. The molecule has 3 heteroatoms. The smallest absolute Gasteiger partial charge is 0.123 e. The van der Waals surface area contributed by atoms with Crippen molar-refractivity contribution in [3.05, 3.63) is 42.0 Å². The first-order chi connectivity index (χ1) is 9.68. The molecule has 3 nitrogen and oxygen atoms in total. The van der Waals surface area contributed by atoms with Gasteiger partial charge in [0.1, 0.15) is 5.84 Å². The second kappa shape index (κ2) is 5.16. The lowest BCUT2D eigenvalue weighted by atomic mass is 9.98. The fourth-order valence-corrected chi connectivity index (χ4v) is 3.22. The summed E-state index contributed by atoms with van der Waals surface area (Å²) < 4.78 is 0. The first kappa shape index (κ1) is 13.0. The monoisotopic (exact) mass is 267 g/mol. The maximum atomic E-state index is 7.74. The lowest BCUT2D eigenvalue weighted by Gasteiger charge is -2.36. The predicted molar refractivity (Wildman–Crippen MR) is 85.6 cm³/mol. The molecule has 0 saturated carbocycles. The molecule has 1 fully saturated rings. The Kier molecular flexibility index (Phi) is 3.35. The number of hydrogen-bond donors (Lipinski definition) is 2. The van der Waals surface area contributed by atoms with E-state index in [1.807, 2.05) is 12.1 Å². The van der Waals surface area contributed by atoms with Gasteiger partial charge >= 0.3 is 0 Å². The van der Waals surface area contributed by atoms with Crippen molar-refractivity contribution in [3.8, 4) is 0 Å². The van der Waals surface area contributed by atoms with Crippen molar-refractivity contribution in [2.45, 2.75) is 32.2 Å². The zero-order valence-electron chi connectivity index (χ0n) is 11.9. The molecule has 1 heterocycles. The summed E-state index contributed by atoms with van der Waals surface area (Å²) in [7, 11) is 0. The first-order valence-corrected chi connectivity index (χ1v) is 7.31. The molecule has 1 aliphatic rings. The molecule has 0 bridgehead atoms. The van der Waals surface area contributed by atoms with Gasteiger partial charge in [-0.25, -0.2) is 0 Å². The first-order valence-electron chi connectivity index (χ1n) is 7.31. The minimum atomic E-state index is 0.138. The summed E-state index contributed by atoms with van der Waals surface area (Å²) in [5, 5.41) is 10.0. The minimum Gasteiger partial charge on any atom is -0.384 e. The van der Waals surface area contributed by atoms with Crippen molar-refractivity contribution in [3.63, 3.8) is 0 Å². The second-order valence-corrected chi connectivity index (χ2v) is 5.63. The van der Waals surface area contributed by atoms with Crippen LogP contribution in [0.1, 0.15) is 31.7 Å². The maximum Gasteiger partial charge on any atom is 0.123 e. The highest BCUT2D eigenvalue weighted by Crippen LogP contribution is 2.33. The SMILES string of the molecule is CC1CCCCN1c1ccc(C(=N)N)c2ccccc12. The average molecular weight is 267 g/mol. The Morgan fingerprint density at radius 2 is 1.90 bits per heavy atom. The maximum absolute atomic E-state index is 7.74. The summed E-state index contributed by atoms with van der Waals surface area (Å²) in [6.45, 7) is 3.41. The summed E-state index contributed by atoms with van der Waals surface area (Å²) in [6, 6.07) is 13.0. The topological polar surface area (TPSA) is 53.1 Å². The highest BCUT2D eigenvalue weighted by Gasteiger charge is 2.20. The summed E-state index contributed by atoms with van der Waals surface area (Å²) in [4.78, 5) is 2.50. The van der Waals surface area contributed by atoms with Crippen molar-refractivity contribution in [1.29, 1.82) is 5.41 Å². The molecule has 2 aromatic carbocycles. The van der Waals surface area contributed by atoms with Crippen LogP contribution >= 0.6 is 0 Å². The van der Waals surface area contributed by atoms with Crippen LogP contribution in [0.5, 0.6) is 0 Å². The van der Waals surface area contributed by atoms with Crippen LogP contribution in [0, 0.1) is 5.41 Å². The van der Waals surface area contributed by atoms with Gasteiger partial charge in [-0.1, -0.05) is 24.3 Å². The van der Waals surface area contributed by atoms with Crippen LogP contribution < -0.4 is 10.6 Å². The molecule has 0 aliphatic carbocycles. The number of nitrogens with two attached hydrogens (primary N) is 1. The number of amidine groups is 1. The van der Waals surface area contributed by atoms with Crippen LogP contribution in [0.3, 0.4) is 0 Å². The fourth-order valence-electron chi connectivity index (χ4n) is 3.22. The van der Waals surface area contributed by atoms with E-state index in [2.05, 4.69) is 36.1 Å². The molecule has 1 saturated heterocycles. The number of nitrogen functional groups attached to an aromatic ring is 1. The Labute approximate surface area is 119 Å². The predicted octanol–water partition coefficient (Wildman–Crippen LogP) is 3.50. The minimum absolute atomic E-state index is 0.138. The Bertz CT molecular complexity index is 648. The van der Waals surface area contributed by atoms with Gasteiger partial charge in [0.05, 0.1) is 0 Å². The van der Waals surface area contributed by atoms with Gasteiger partial charge in [-0.15, -0.1) is 0 Å². The Balaban J connectivity index is 2.17. The molecule has 0 amide bonds. The molecule has 2 aromatic rings. The Morgan fingerprint density at radius 3 is 2.60 bits per heavy atom. The van der Waals surface area contributed by atoms with Gasteiger partial charge in [0, 0.05) is 29.2 Å². The molecular formula is C17H21N3. The third-order valence-electron chi connectivity index (χ3n) is 4.30. The number of nitrogens with one attached hydrogen (secondary N) is 1. The van der Waals surface area contributed by atoms with Crippen molar-refractivity contribution in [2.24, 2.45) is 5.73 Å². The van der Waals surface area contributed by atoms with E-state index in [1.54, 1.807) is 0 Å². The molecule has 1 unspecified atom stereocenters. The average Bonchev–Trinajstić information content (AvgIpc) is 2.46. The third-order valence-corrected chi connectivity index (χ3v) is 4.30. The normalized spacial score (nSPS) is 19.2. The summed E-state index contributed by atoms with van der Waals surface area (Å²) in [6.07, 6.45) is 3.83. The van der Waals surface area contributed by atoms with Gasteiger partial charge in [0.2, 0.25) is 0 Å². The second-order valence-electron chi connectivity index (χ2n) is 5.63. The van der Waals surface area contributed by atoms with E-state index in [0.29, 0.717) is 6.04 Å². The molecule has 3 N–H and O–H groups in total. The summed E-state index contributed by atoms with van der Waals surface area (Å²) in [5.41, 5.74) is 7.81. The van der Waals surface area contributed by atoms with E-state index in [4.69, 9.17) is 11.1 Å². The van der Waals surface area contributed by atoms with Crippen LogP contribution in [-0.2, 0) is 0 Å². The Morgan fingerprint density at radius 1 is 1.15 bits per heavy atom. The van der Waals surface area contributed by atoms with Gasteiger partial charge in [0.25, 0.3) is 0 Å². The van der Waals surface area contributed by atoms with Crippen molar-refractivity contribution in [1.82, 2.24) is 0 Å². The molecule has 1 aliphatic heterocycles. The van der Waals surface area contributed by atoms with Gasteiger partial charge in [-0.2, -0.15) is 0 Å². The molecule has 0 radical (unpaired) electrons.